The number of benzene rings is 1. The highest BCUT2D eigenvalue weighted by Crippen LogP contribution is 2.39. The summed E-state index contributed by atoms with van der Waals surface area (Å²) in [4.78, 5) is 0. The van der Waals surface area contributed by atoms with Gasteiger partial charge in [0.25, 0.3) is 0 Å². The summed E-state index contributed by atoms with van der Waals surface area (Å²) >= 11 is 0. The monoisotopic (exact) mass is 292 g/mol. The van der Waals surface area contributed by atoms with Crippen LogP contribution in [0, 0.1) is 0 Å². The average Bonchev–Trinajstić information content (AvgIpc) is 3.21. The zero-order valence-electron chi connectivity index (χ0n) is 11.1. The summed E-state index contributed by atoms with van der Waals surface area (Å²) in [6.07, 6.45) is -6.80. The molecule has 0 aromatic heterocycles. The lowest BCUT2D eigenvalue weighted by molar-refractivity contribution is -0.224. The molecule has 1 aromatic carbocycles. The third kappa shape index (κ3) is 3.77. The van der Waals surface area contributed by atoms with Crippen molar-refractivity contribution >= 4 is 0 Å². The Hall–Kier alpha value is -1.47. The van der Waals surface area contributed by atoms with Crippen LogP contribution in [0.1, 0.15) is 11.7 Å². The molecule has 0 N–H and O–H groups in total. The molecule has 0 saturated carbocycles. The third-order valence-electron chi connectivity index (χ3n) is 2.82. The summed E-state index contributed by atoms with van der Waals surface area (Å²) in [6.45, 7) is 0.343. The molecule has 1 aromatic rings. The van der Waals surface area contributed by atoms with E-state index in [9.17, 15) is 13.2 Å². The minimum atomic E-state index is -4.52. The SMILES string of the molecule is COc1cc(OC)cc([C@H](OC[C@@H]2CO2)C(F)(F)F)c1. The molecule has 0 radical (unpaired) electrons. The molecule has 1 aliphatic rings. The topological polar surface area (TPSA) is 40.2 Å². The molecule has 0 spiro atoms. The van der Waals surface area contributed by atoms with Crippen molar-refractivity contribution in [3.63, 3.8) is 0 Å². The zero-order chi connectivity index (χ0) is 14.8. The van der Waals surface area contributed by atoms with Gasteiger partial charge in [-0.1, -0.05) is 0 Å². The van der Waals surface area contributed by atoms with Crippen LogP contribution in [0.2, 0.25) is 0 Å². The quantitative estimate of drug-likeness (QED) is 0.756. The van der Waals surface area contributed by atoms with Crippen molar-refractivity contribution in [2.75, 3.05) is 27.4 Å². The van der Waals surface area contributed by atoms with Crippen LogP contribution in [-0.4, -0.2) is 39.7 Å². The second-order valence-corrected chi connectivity index (χ2v) is 4.36. The van der Waals surface area contributed by atoms with E-state index in [-0.39, 0.29) is 29.8 Å². The smallest absolute Gasteiger partial charge is 0.418 e. The van der Waals surface area contributed by atoms with Crippen molar-refractivity contribution in [1.82, 2.24) is 0 Å². The fourth-order valence-electron chi connectivity index (χ4n) is 1.73. The zero-order valence-corrected chi connectivity index (χ0v) is 11.1. The number of rotatable bonds is 6. The first-order valence-electron chi connectivity index (χ1n) is 5.97. The number of alkyl halides is 3. The summed E-state index contributed by atoms with van der Waals surface area (Å²) < 4.78 is 59.1. The van der Waals surface area contributed by atoms with Crippen LogP contribution < -0.4 is 9.47 Å². The maximum absolute atomic E-state index is 13.1. The number of methoxy groups -OCH3 is 2. The van der Waals surface area contributed by atoms with Gasteiger partial charge in [0, 0.05) is 6.07 Å². The fraction of sp³-hybridized carbons (Fsp3) is 0.538. The van der Waals surface area contributed by atoms with Crippen molar-refractivity contribution in [2.24, 2.45) is 0 Å². The predicted molar refractivity (Wildman–Crippen MR) is 64.0 cm³/mol. The minimum absolute atomic E-state index is 0.0608. The molecule has 0 bridgehead atoms. The van der Waals surface area contributed by atoms with Crippen LogP contribution in [0.3, 0.4) is 0 Å². The normalized spacial score (nSPS) is 19.6. The van der Waals surface area contributed by atoms with Gasteiger partial charge in [0.05, 0.1) is 27.4 Å². The molecule has 0 unspecified atom stereocenters. The van der Waals surface area contributed by atoms with E-state index in [1.54, 1.807) is 0 Å². The first-order valence-corrected chi connectivity index (χ1v) is 5.97. The van der Waals surface area contributed by atoms with E-state index in [2.05, 4.69) is 0 Å². The number of epoxide rings is 1. The predicted octanol–water partition coefficient (Wildman–Crippen LogP) is 2.72. The van der Waals surface area contributed by atoms with Crippen LogP contribution >= 0.6 is 0 Å². The molecule has 4 nitrogen and oxygen atoms in total. The molecule has 2 rings (SSSR count). The second-order valence-electron chi connectivity index (χ2n) is 4.36. The molecule has 2 atom stereocenters. The van der Waals surface area contributed by atoms with Crippen molar-refractivity contribution in [2.45, 2.75) is 18.4 Å². The van der Waals surface area contributed by atoms with Crippen LogP contribution in [0.15, 0.2) is 18.2 Å². The first kappa shape index (κ1) is 14.9. The molecule has 1 saturated heterocycles. The summed E-state index contributed by atoms with van der Waals surface area (Å²) in [5.41, 5.74) is -0.0608. The van der Waals surface area contributed by atoms with E-state index >= 15 is 0 Å². The Balaban J connectivity index is 2.25. The Labute approximate surface area is 114 Å². The van der Waals surface area contributed by atoms with Crippen molar-refractivity contribution < 1.29 is 32.1 Å². The molecular formula is C13H15F3O4. The lowest BCUT2D eigenvalue weighted by Gasteiger charge is -2.22. The van der Waals surface area contributed by atoms with Crippen LogP contribution in [0.5, 0.6) is 11.5 Å². The van der Waals surface area contributed by atoms with Gasteiger partial charge in [0.1, 0.15) is 17.6 Å². The highest BCUT2D eigenvalue weighted by atomic mass is 19.4. The Morgan fingerprint density at radius 1 is 1.20 bits per heavy atom. The summed E-state index contributed by atoms with van der Waals surface area (Å²) in [5.74, 6) is 0.555. The van der Waals surface area contributed by atoms with E-state index in [4.69, 9.17) is 18.9 Å². The van der Waals surface area contributed by atoms with Gasteiger partial charge < -0.3 is 18.9 Å². The molecule has 112 valence electrons. The highest BCUT2D eigenvalue weighted by Gasteiger charge is 2.43. The Morgan fingerprint density at radius 3 is 2.15 bits per heavy atom. The summed E-state index contributed by atoms with van der Waals surface area (Å²) in [7, 11) is 2.75. The Morgan fingerprint density at radius 2 is 1.75 bits per heavy atom. The van der Waals surface area contributed by atoms with Crippen molar-refractivity contribution in [1.29, 1.82) is 0 Å². The van der Waals surface area contributed by atoms with Gasteiger partial charge in [-0.2, -0.15) is 13.2 Å². The van der Waals surface area contributed by atoms with Gasteiger partial charge in [0.15, 0.2) is 6.10 Å². The molecule has 1 heterocycles. The standard InChI is InChI=1S/C13H15F3O4/c1-17-9-3-8(4-10(5-9)18-2)12(13(14,15)16)20-7-11-6-19-11/h3-5,11-12H,6-7H2,1-2H3/t11-,12-/m0/s1. The first-order chi connectivity index (χ1) is 9.44. The van der Waals surface area contributed by atoms with E-state index in [1.807, 2.05) is 0 Å². The van der Waals surface area contributed by atoms with Crippen LogP contribution in [-0.2, 0) is 9.47 Å². The van der Waals surface area contributed by atoms with E-state index in [0.29, 0.717) is 6.61 Å². The fourth-order valence-corrected chi connectivity index (χ4v) is 1.73. The average molecular weight is 292 g/mol. The van der Waals surface area contributed by atoms with Gasteiger partial charge in [-0.05, 0) is 17.7 Å². The molecular weight excluding hydrogens is 277 g/mol. The van der Waals surface area contributed by atoms with Crippen LogP contribution in [0.25, 0.3) is 0 Å². The van der Waals surface area contributed by atoms with E-state index in [1.165, 1.54) is 32.4 Å². The summed E-state index contributed by atoms with van der Waals surface area (Å²) in [6, 6.07) is 4.07. The summed E-state index contributed by atoms with van der Waals surface area (Å²) in [5, 5.41) is 0. The molecule has 0 aliphatic carbocycles. The van der Waals surface area contributed by atoms with Gasteiger partial charge >= 0.3 is 6.18 Å². The largest absolute Gasteiger partial charge is 0.497 e. The van der Waals surface area contributed by atoms with Gasteiger partial charge in [0.2, 0.25) is 0 Å². The lowest BCUT2D eigenvalue weighted by atomic mass is 10.1. The third-order valence-corrected chi connectivity index (χ3v) is 2.82. The maximum Gasteiger partial charge on any atom is 0.418 e. The van der Waals surface area contributed by atoms with Crippen LogP contribution in [0.4, 0.5) is 13.2 Å². The maximum atomic E-state index is 13.1. The van der Waals surface area contributed by atoms with Crippen molar-refractivity contribution in [3.05, 3.63) is 23.8 Å². The van der Waals surface area contributed by atoms with E-state index in [0.717, 1.165) is 0 Å². The van der Waals surface area contributed by atoms with Crippen molar-refractivity contribution in [3.8, 4) is 11.5 Å². The van der Waals surface area contributed by atoms with Gasteiger partial charge in [-0.15, -0.1) is 0 Å². The van der Waals surface area contributed by atoms with Gasteiger partial charge in [-0.25, -0.2) is 0 Å². The molecule has 1 aliphatic heterocycles. The van der Waals surface area contributed by atoms with E-state index < -0.39 is 12.3 Å². The Bertz CT molecular complexity index is 435. The van der Waals surface area contributed by atoms with Gasteiger partial charge in [-0.3, -0.25) is 0 Å². The Kier molecular flexibility index (Phi) is 4.39. The highest BCUT2D eigenvalue weighted by molar-refractivity contribution is 5.39. The molecule has 0 amide bonds. The molecule has 1 fully saturated rings. The number of hydrogen-bond acceptors (Lipinski definition) is 4. The molecule has 7 heteroatoms. The number of ether oxygens (including phenoxy) is 4. The number of hydrogen-bond donors (Lipinski definition) is 0. The minimum Gasteiger partial charge on any atom is -0.497 e. The lowest BCUT2D eigenvalue weighted by Crippen LogP contribution is -2.25. The number of halogens is 3. The second kappa shape index (κ2) is 5.88. The molecule has 20 heavy (non-hydrogen) atoms.